The van der Waals surface area contributed by atoms with E-state index in [1.807, 2.05) is 0 Å². The molecule has 1 unspecified atom stereocenters. The molecule has 0 spiro atoms. The van der Waals surface area contributed by atoms with Crippen molar-refractivity contribution in [3.8, 4) is 0 Å². The van der Waals surface area contributed by atoms with Crippen LogP contribution < -0.4 is 0 Å². The van der Waals surface area contributed by atoms with Gasteiger partial charge in [-0.3, -0.25) is 29.0 Å². The van der Waals surface area contributed by atoms with Crippen molar-refractivity contribution in [3.05, 3.63) is 35.4 Å². The maximum absolute atomic E-state index is 12.7. The second-order valence-electron chi connectivity index (χ2n) is 5.72. The number of methoxy groups -OCH3 is 1. The number of imide groups is 1. The number of likely N-dealkylation sites (tertiary alicyclic amines) is 1. The number of β-lactam (4-membered cyclic amide) rings is 1. The lowest BCUT2D eigenvalue weighted by atomic mass is 9.99. The van der Waals surface area contributed by atoms with E-state index >= 15 is 0 Å². The van der Waals surface area contributed by atoms with Crippen molar-refractivity contribution >= 4 is 57.0 Å². The molecule has 2 heterocycles. The zero-order valence-electron chi connectivity index (χ0n) is 13.6. The fourth-order valence-corrected chi connectivity index (χ4v) is 4.14. The number of esters is 1. The normalized spacial score (nSPS) is 24.1. The number of fused-ring (bicyclic) bond motifs is 1. The van der Waals surface area contributed by atoms with E-state index in [1.165, 1.54) is 12.1 Å². The van der Waals surface area contributed by atoms with E-state index in [9.17, 15) is 24.0 Å². The van der Waals surface area contributed by atoms with Crippen molar-refractivity contribution in [2.24, 2.45) is 0 Å². The van der Waals surface area contributed by atoms with Crippen LogP contribution in [-0.4, -0.2) is 62.4 Å². The lowest BCUT2D eigenvalue weighted by Gasteiger charge is -2.51. The minimum absolute atomic E-state index is 0.164. The molecule has 0 aromatic heterocycles. The number of Topliss-reactive ketones (excluding diaryl/α,β-unsaturated/α-hetero) is 1. The number of halogens is 2. The topological polar surface area (TPSA) is 101 Å². The molecular formula is C16H12BrClN2O6. The summed E-state index contributed by atoms with van der Waals surface area (Å²) in [4.78, 5) is 63.3. The highest BCUT2D eigenvalue weighted by atomic mass is 79.9. The lowest BCUT2D eigenvalue weighted by molar-refractivity contribution is -0.170. The zero-order valence-corrected chi connectivity index (χ0v) is 15.9. The molecule has 2 aliphatic rings. The molecule has 1 fully saturated rings. The van der Waals surface area contributed by atoms with Gasteiger partial charge in [-0.25, -0.2) is 4.79 Å². The predicted octanol–water partition coefficient (Wildman–Crippen LogP) is 0.911. The molecule has 0 saturated carbocycles. The average Bonchev–Trinajstić information content (AvgIpc) is 2.86. The van der Waals surface area contributed by atoms with Crippen molar-refractivity contribution in [2.45, 2.75) is 22.9 Å². The number of ketones is 1. The molecule has 0 N–H and O–H groups in total. The van der Waals surface area contributed by atoms with Crippen LogP contribution >= 0.6 is 27.5 Å². The van der Waals surface area contributed by atoms with E-state index in [4.69, 9.17) is 11.6 Å². The standard InChI is InChI=1S/C16H12BrClN2O6/c1-7(21)16(17,15(25)26-2)20-11(18)10(14(20)24)19-12(22)8-5-3-4-6-9(8)13(19)23/h3-6,10-11H,1-2H3/t10-,11+,16?/m1/s1. The third-order valence-electron chi connectivity index (χ3n) is 4.36. The molecule has 3 atom stereocenters. The van der Waals surface area contributed by atoms with E-state index in [0.717, 1.165) is 23.8 Å². The summed E-state index contributed by atoms with van der Waals surface area (Å²) in [6.07, 6.45) is 0. The number of alkyl halides is 2. The van der Waals surface area contributed by atoms with Gasteiger partial charge in [0.05, 0.1) is 18.2 Å². The zero-order chi connectivity index (χ0) is 19.4. The van der Waals surface area contributed by atoms with Gasteiger partial charge in [-0.2, -0.15) is 0 Å². The summed E-state index contributed by atoms with van der Waals surface area (Å²) in [7, 11) is 1.05. The fourth-order valence-electron chi connectivity index (χ4n) is 3.00. The summed E-state index contributed by atoms with van der Waals surface area (Å²) < 4.78 is 2.45. The largest absolute Gasteiger partial charge is 0.466 e. The van der Waals surface area contributed by atoms with E-state index in [0.29, 0.717) is 0 Å². The average molecular weight is 444 g/mol. The monoisotopic (exact) mass is 442 g/mol. The minimum Gasteiger partial charge on any atom is -0.466 e. The van der Waals surface area contributed by atoms with Gasteiger partial charge in [0.1, 0.15) is 5.50 Å². The molecule has 26 heavy (non-hydrogen) atoms. The van der Waals surface area contributed by atoms with Gasteiger partial charge in [0.25, 0.3) is 22.2 Å². The first-order chi connectivity index (χ1) is 12.2. The number of carbonyl (C=O) groups is 5. The number of ether oxygens (including phenoxy) is 1. The molecule has 136 valence electrons. The van der Waals surface area contributed by atoms with Crippen LogP contribution in [0.5, 0.6) is 0 Å². The Kier molecular flexibility index (Phi) is 4.40. The van der Waals surface area contributed by atoms with Crippen molar-refractivity contribution in [2.75, 3.05) is 7.11 Å². The molecule has 0 aliphatic carbocycles. The molecule has 8 nitrogen and oxygen atoms in total. The van der Waals surface area contributed by atoms with Gasteiger partial charge in [0.15, 0.2) is 11.8 Å². The lowest BCUT2D eigenvalue weighted by Crippen LogP contribution is -2.77. The molecule has 10 heteroatoms. The minimum atomic E-state index is -2.12. The van der Waals surface area contributed by atoms with Crippen LogP contribution in [0.1, 0.15) is 27.6 Å². The van der Waals surface area contributed by atoms with Crippen LogP contribution in [0.2, 0.25) is 0 Å². The molecule has 1 aromatic rings. The van der Waals surface area contributed by atoms with E-state index in [2.05, 4.69) is 20.7 Å². The first-order valence-electron chi connectivity index (χ1n) is 7.40. The number of benzene rings is 1. The number of hydrogen-bond donors (Lipinski definition) is 0. The second kappa shape index (κ2) is 6.17. The Morgan fingerprint density at radius 1 is 1.15 bits per heavy atom. The second-order valence-corrected chi connectivity index (χ2v) is 7.32. The van der Waals surface area contributed by atoms with Gasteiger partial charge in [-0.1, -0.05) is 23.7 Å². The van der Waals surface area contributed by atoms with Crippen LogP contribution in [-0.2, 0) is 19.1 Å². The Hall–Kier alpha value is -2.26. The summed E-state index contributed by atoms with van der Waals surface area (Å²) in [5, 5.41) is 0. The fraction of sp³-hybridized carbons (Fsp3) is 0.312. The third-order valence-corrected chi connectivity index (χ3v) is 6.05. The van der Waals surface area contributed by atoms with Gasteiger partial charge >= 0.3 is 5.97 Å². The number of carbonyl (C=O) groups excluding carboxylic acids is 5. The summed E-state index contributed by atoms with van der Waals surface area (Å²) in [5.41, 5.74) is -0.957. The Labute approximate surface area is 161 Å². The number of hydrogen-bond acceptors (Lipinski definition) is 6. The molecule has 3 amide bonds. The van der Waals surface area contributed by atoms with Crippen LogP contribution in [0.3, 0.4) is 0 Å². The Balaban J connectivity index is 1.94. The first-order valence-corrected chi connectivity index (χ1v) is 8.63. The van der Waals surface area contributed by atoms with Gasteiger partial charge in [-0.05, 0) is 35.0 Å². The SMILES string of the molecule is COC(=O)C(Br)(C(C)=O)N1C(=O)[C@H](N2C(=O)c3ccccc3C2=O)[C@H]1Cl. The highest BCUT2D eigenvalue weighted by Gasteiger charge is 2.65. The Bertz CT molecular complexity index is 839. The van der Waals surface area contributed by atoms with Crippen LogP contribution in [0.15, 0.2) is 24.3 Å². The predicted molar refractivity (Wildman–Crippen MR) is 91.6 cm³/mol. The van der Waals surface area contributed by atoms with E-state index in [1.54, 1.807) is 12.1 Å². The van der Waals surface area contributed by atoms with Gasteiger partial charge in [0, 0.05) is 0 Å². The van der Waals surface area contributed by atoms with E-state index in [-0.39, 0.29) is 11.1 Å². The molecular weight excluding hydrogens is 432 g/mol. The van der Waals surface area contributed by atoms with Crippen molar-refractivity contribution < 1.29 is 28.7 Å². The molecule has 1 saturated heterocycles. The number of rotatable bonds is 4. The molecule has 2 aliphatic heterocycles. The summed E-state index contributed by atoms with van der Waals surface area (Å²) in [6.45, 7) is 1.08. The van der Waals surface area contributed by atoms with Gasteiger partial charge < -0.3 is 4.74 Å². The summed E-state index contributed by atoms with van der Waals surface area (Å²) in [6, 6.07) is 4.80. The number of amides is 3. The summed E-state index contributed by atoms with van der Waals surface area (Å²) in [5.74, 6) is -3.91. The van der Waals surface area contributed by atoms with Crippen LogP contribution in [0.25, 0.3) is 0 Å². The van der Waals surface area contributed by atoms with Crippen LogP contribution in [0.4, 0.5) is 0 Å². The Morgan fingerprint density at radius 2 is 1.65 bits per heavy atom. The third kappa shape index (κ3) is 2.23. The van der Waals surface area contributed by atoms with E-state index < -0.39 is 45.5 Å². The first kappa shape index (κ1) is 18.5. The Morgan fingerprint density at radius 3 is 2.04 bits per heavy atom. The summed E-state index contributed by atoms with van der Waals surface area (Å²) >= 11 is 9.16. The molecule has 1 aromatic carbocycles. The highest BCUT2D eigenvalue weighted by Crippen LogP contribution is 2.42. The maximum Gasteiger partial charge on any atom is 0.351 e. The smallest absolute Gasteiger partial charge is 0.351 e. The van der Waals surface area contributed by atoms with Crippen molar-refractivity contribution in [3.63, 3.8) is 0 Å². The van der Waals surface area contributed by atoms with Gasteiger partial charge in [-0.15, -0.1) is 0 Å². The van der Waals surface area contributed by atoms with Crippen LogP contribution in [0, 0.1) is 0 Å². The quantitative estimate of drug-likeness (QED) is 0.171. The highest BCUT2D eigenvalue weighted by molar-refractivity contribution is 9.10. The molecule has 3 rings (SSSR count). The molecule has 0 radical (unpaired) electrons. The van der Waals surface area contributed by atoms with Crippen molar-refractivity contribution in [1.29, 1.82) is 0 Å². The molecule has 0 bridgehead atoms. The number of nitrogens with zero attached hydrogens (tertiary/aromatic N) is 2. The van der Waals surface area contributed by atoms with Gasteiger partial charge in [0.2, 0.25) is 0 Å². The van der Waals surface area contributed by atoms with Crippen molar-refractivity contribution in [1.82, 2.24) is 9.80 Å². The maximum atomic E-state index is 12.7.